The van der Waals surface area contributed by atoms with E-state index in [2.05, 4.69) is 21.9 Å². The standard InChI is InChI=1S/C7H9Br/c1-2-7(6-8)4-3-5-7/h1H,3-6H2. The summed E-state index contributed by atoms with van der Waals surface area (Å²) < 4.78 is 0. The summed E-state index contributed by atoms with van der Waals surface area (Å²) in [4.78, 5) is 0. The maximum absolute atomic E-state index is 5.30. The van der Waals surface area contributed by atoms with Crippen molar-refractivity contribution >= 4 is 15.9 Å². The van der Waals surface area contributed by atoms with Crippen molar-refractivity contribution in [3.63, 3.8) is 0 Å². The number of hydrogen-bond acceptors (Lipinski definition) is 0. The Morgan fingerprint density at radius 1 is 1.62 bits per heavy atom. The van der Waals surface area contributed by atoms with E-state index in [0.717, 1.165) is 5.33 Å². The van der Waals surface area contributed by atoms with E-state index in [4.69, 9.17) is 6.42 Å². The Morgan fingerprint density at radius 3 is 2.25 bits per heavy atom. The van der Waals surface area contributed by atoms with Crippen molar-refractivity contribution < 1.29 is 0 Å². The molecule has 0 atom stereocenters. The van der Waals surface area contributed by atoms with Crippen molar-refractivity contribution in [1.29, 1.82) is 0 Å². The van der Waals surface area contributed by atoms with Crippen LogP contribution >= 0.6 is 15.9 Å². The van der Waals surface area contributed by atoms with Crippen LogP contribution in [0.5, 0.6) is 0 Å². The fourth-order valence-electron chi connectivity index (χ4n) is 0.920. The van der Waals surface area contributed by atoms with Crippen LogP contribution in [0.1, 0.15) is 19.3 Å². The molecule has 0 N–H and O–H groups in total. The Hall–Kier alpha value is 0.0400. The van der Waals surface area contributed by atoms with Crippen LogP contribution in [0, 0.1) is 17.8 Å². The molecular weight excluding hydrogens is 164 g/mol. The topological polar surface area (TPSA) is 0 Å². The Bertz CT molecular complexity index is 111. The summed E-state index contributed by atoms with van der Waals surface area (Å²) in [5, 5.41) is 0.983. The summed E-state index contributed by atoms with van der Waals surface area (Å²) in [6.07, 6.45) is 9.05. The highest BCUT2D eigenvalue weighted by Gasteiger charge is 2.33. The minimum absolute atomic E-state index is 0.250. The van der Waals surface area contributed by atoms with Gasteiger partial charge in [0.15, 0.2) is 0 Å². The first-order valence-corrected chi connectivity index (χ1v) is 3.99. The van der Waals surface area contributed by atoms with Crippen LogP contribution in [0.2, 0.25) is 0 Å². The lowest BCUT2D eigenvalue weighted by molar-refractivity contribution is 0.258. The Labute approximate surface area is 58.8 Å². The normalized spacial score (nSPS) is 23.5. The summed E-state index contributed by atoms with van der Waals surface area (Å²) in [7, 11) is 0. The molecule has 44 valence electrons. The van der Waals surface area contributed by atoms with Gasteiger partial charge in [-0.2, -0.15) is 0 Å². The molecule has 1 fully saturated rings. The molecular formula is C7H9Br. The molecule has 0 heterocycles. The SMILES string of the molecule is C#CC1(CBr)CCC1. The Kier molecular flexibility index (Phi) is 1.62. The summed E-state index contributed by atoms with van der Waals surface area (Å²) in [6, 6.07) is 0. The van der Waals surface area contributed by atoms with Gasteiger partial charge in [0.05, 0.1) is 0 Å². The van der Waals surface area contributed by atoms with E-state index in [1.165, 1.54) is 19.3 Å². The monoisotopic (exact) mass is 172 g/mol. The van der Waals surface area contributed by atoms with Gasteiger partial charge < -0.3 is 0 Å². The van der Waals surface area contributed by atoms with Crippen molar-refractivity contribution in [3.05, 3.63) is 0 Å². The number of alkyl halides is 1. The molecule has 1 aliphatic rings. The maximum Gasteiger partial charge on any atom is 0.0408 e. The fourth-order valence-corrected chi connectivity index (χ4v) is 1.64. The summed E-state index contributed by atoms with van der Waals surface area (Å²) in [6.45, 7) is 0. The van der Waals surface area contributed by atoms with Crippen LogP contribution in [0.15, 0.2) is 0 Å². The molecule has 8 heavy (non-hydrogen) atoms. The predicted molar refractivity (Wildman–Crippen MR) is 38.9 cm³/mol. The average molecular weight is 173 g/mol. The zero-order chi connectivity index (χ0) is 6.04. The van der Waals surface area contributed by atoms with Crippen LogP contribution in [0.25, 0.3) is 0 Å². The summed E-state index contributed by atoms with van der Waals surface area (Å²) in [5.41, 5.74) is 0.250. The highest BCUT2D eigenvalue weighted by atomic mass is 79.9. The van der Waals surface area contributed by atoms with Crippen molar-refractivity contribution in [2.75, 3.05) is 5.33 Å². The zero-order valence-electron chi connectivity index (χ0n) is 4.78. The van der Waals surface area contributed by atoms with Gasteiger partial charge in [0, 0.05) is 10.7 Å². The largest absolute Gasteiger partial charge is 0.119 e. The number of hydrogen-bond donors (Lipinski definition) is 0. The fraction of sp³-hybridized carbons (Fsp3) is 0.714. The van der Waals surface area contributed by atoms with Crippen molar-refractivity contribution in [1.82, 2.24) is 0 Å². The molecule has 0 nitrogen and oxygen atoms in total. The maximum atomic E-state index is 5.30. The Balaban J connectivity index is 2.49. The lowest BCUT2D eigenvalue weighted by Gasteiger charge is -2.34. The van der Waals surface area contributed by atoms with Crippen LogP contribution in [0.3, 0.4) is 0 Å². The molecule has 0 aliphatic heterocycles. The van der Waals surface area contributed by atoms with E-state index in [-0.39, 0.29) is 5.41 Å². The molecule has 0 radical (unpaired) electrons. The van der Waals surface area contributed by atoms with Gasteiger partial charge in [0.2, 0.25) is 0 Å². The first-order valence-electron chi connectivity index (χ1n) is 2.87. The molecule has 0 saturated heterocycles. The predicted octanol–water partition coefficient (Wildman–Crippen LogP) is 2.18. The number of rotatable bonds is 1. The highest BCUT2D eigenvalue weighted by molar-refractivity contribution is 9.09. The lowest BCUT2D eigenvalue weighted by Crippen LogP contribution is -2.28. The van der Waals surface area contributed by atoms with Gasteiger partial charge >= 0.3 is 0 Å². The minimum atomic E-state index is 0.250. The average Bonchev–Trinajstić information content (AvgIpc) is 1.67. The highest BCUT2D eigenvalue weighted by Crippen LogP contribution is 2.41. The third-order valence-corrected chi connectivity index (χ3v) is 2.95. The molecule has 1 saturated carbocycles. The second kappa shape index (κ2) is 2.11. The molecule has 1 heteroatoms. The quantitative estimate of drug-likeness (QED) is 0.421. The minimum Gasteiger partial charge on any atom is -0.119 e. The van der Waals surface area contributed by atoms with Gasteiger partial charge in [-0.1, -0.05) is 28.3 Å². The van der Waals surface area contributed by atoms with E-state index >= 15 is 0 Å². The zero-order valence-corrected chi connectivity index (χ0v) is 6.37. The van der Waals surface area contributed by atoms with E-state index < -0.39 is 0 Å². The molecule has 0 amide bonds. The van der Waals surface area contributed by atoms with Crippen LogP contribution in [-0.2, 0) is 0 Å². The summed E-state index contributed by atoms with van der Waals surface area (Å²) >= 11 is 3.40. The lowest BCUT2D eigenvalue weighted by atomic mass is 9.71. The summed E-state index contributed by atoms with van der Waals surface area (Å²) in [5.74, 6) is 2.82. The van der Waals surface area contributed by atoms with Gasteiger partial charge in [0.1, 0.15) is 0 Å². The van der Waals surface area contributed by atoms with Crippen LogP contribution in [-0.4, -0.2) is 5.33 Å². The molecule has 0 aromatic heterocycles. The smallest absolute Gasteiger partial charge is 0.0408 e. The second-order valence-electron chi connectivity index (χ2n) is 2.41. The van der Waals surface area contributed by atoms with Gasteiger partial charge in [0.25, 0.3) is 0 Å². The van der Waals surface area contributed by atoms with Gasteiger partial charge in [-0.15, -0.1) is 6.42 Å². The second-order valence-corrected chi connectivity index (χ2v) is 2.97. The molecule has 0 aromatic carbocycles. The van der Waals surface area contributed by atoms with E-state index in [1.807, 2.05) is 0 Å². The molecule has 0 bridgehead atoms. The van der Waals surface area contributed by atoms with Crippen LogP contribution in [0.4, 0.5) is 0 Å². The van der Waals surface area contributed by atoms with E-state index in [1.54, 1.807) is 0 Å². The molecule has 1 rings (SSSR count). The van der Waals surface area contributed by atoms with Crippen LogP contribution < -0.4 is 0 Å². The van der Waals surface area contributed by atoms with Gasteiger partial charge in [-0.3, -0.25) is 0 Å². The van der Waals surface area contributed by atoms with E-state index in [0.29, 0.717) is 0 Å². The third-order valence-electron chi connectivity index (χ3n) is 1.87. The molecule has 0 spiro atoms. The first-order chi connectivity index (χ1) is 3.83. The first kappa shape index (κ1) is 6.16. The number of halogens is 1. The van der Waals surface area contributed by atoms with Crippen molar-refractivity contribution in [2.24, 2.45) is 5.41 Å². The molecule has 0 unspecified atom stereocenters. The molecule has 1 aliphatic carbocycles. The Morgan fingerprint density at radius 2 is 2.25 bits per heavy atom. The van der Waals surface area contributed by atoms with Crippen molar-refractivity contribution in [3.8, 4) is 12.3 Å². The van der Waals surface area contributed by atoms with E-state index in [9.17, 15) is 0 Å². The van der Waals surface area contributed by atoms with Crippen molar-refractivity contribution in [2.45, 2.75) is 19.3 Å². The van der Waals surface area contributed by atoms with Gasteiger partial charge in [-0.05, 0) is 12.8 Å². The van der Waals surface area contributed by atoms with Gasteiger partial charge in [-0.25, -0.2) is 0 Å². The number of terminal acetylenes is 1. The molecule has 0 aromatic rings. The third kappa shape index (κ3) is 0.778.